The molecule has 98 valence electrons. The van der Waals surface area contributed by atoms with Crippen LogP contribution < -0.4 is 10.6 Å². The third-order valence-corrected chi connectivity index (χ3v) is 2.04. The summed E-state index contributed by atoms with van der Waals surface area (Å²) in [5.41, 5.74) is 1.61. The molecule has 6 nitrogen and oxygen atoms in total. The van der Waals surface area contributed by atoms with Crippen LogP contribution in [0, 0.1) is 0 Å². The summed E-state index contributed by atoms with van der Waals surface area (Å²) in [6, 6.07) is 0. The molecule has 0 aromatic rings. The van der Waals surface area contributed by atoms with Crippen LogP contribution in [0.15, 0.2) is 11.4 Å². The Labute approximate surface area is 101 Å². The smallest absolute Gasteiger partial charge is 0.300 e. The number of rotatable bonds is 0. The third-order valence-electron chi connectivity index (χ3n) is 2.04. The van der Waals surface area contributed by atoms with Gasteiger partial charge in [-0.3, -0.25) is 9.59 Å². The zero-order valence-corrected chi connectivity index (χ0v) is 10.2. The molecule has 0 aromatic heterocycles. The molecule has 2 heterocycles. The molecule has 0 bridgehead atoms. The Bertz CT molecular complexity index is 264. The van der Waals surface area contributed by atoms with Crippen LogP contribution in [0.4, 0.5) is 0 Å². The van der Waals surface area contributed by atoms with E-state index in [2.05, 4.69) is 10.6 Å². The number of nitrogens with one attached hydrogen (secondary N) is 2. The summed E-state index contributed by atoms with van der Waals surface area (Å²) in [5.74, 6) is -0.332. The van der Waals surface area contributed by atoms with E-state index in [-0.39, 0.29) is 0 Å². The number of carbonyl (C=O) groups is 2. The van der Waals surface area contributed by atoms with E-state index in [1.54, 1.807) is 5.57 Å². The van der Waals surface area contributed by atoms with E-state index in [0.717, 1.165) is 26.9 Å². The summed E-state index contributed by atoms with van der Waals surface area (Å²) in [5, 5.41) is 21.5. The Morgan fingerprint density at radius 3 is 1.94 bits per heavy atom. The van der Waals surface area contributed by atoms with E-state index < -0.39 is 11.9 Å². The zero-order valence-electron chi connectivity index (χ0n) is 10.2. The molecule has 17 heavy (non-hydrogen) atoms. The molecule has 0 atom stereocenters. The monoisotopic (exact) mass is 244 g/mol. The minimum atomic E-state index is -0.833. The van der Waals surface area contributed by atoms with Crippen LogP contribution in [0.25, 0.3) is 0 Å². The maximum Gasteiger partial charge on any atom is 0.300 e. The maximum atomic E-state index is 9.00. The Kier molecular flexibility index (Phi) is 7.58. The van der Waals surface area contributed by atoms with Crippen molar-refractivity contribution in [2.45, 2.75) is 33.1 Å². The molecule has 0 spiro atoms. The van der Waals surface area contributed by atoms with Gasteiger partial charge in [0.05, 0.1) is 5.82 Å². The number of carboxylic acid groups (broad SMARTS) is 2. The fourth-order valence-corrected chi connectivity index (χ4v) is 1.54. The van der Waals surface area contributed by atoms with Gasteiger partial charge >= 0.3 is 0 Å². The van der Waals surface area contributed by atoms with Crippen molar-refractivity contribution in [1.82, 2.24) is 10.6 Å². The van der Waals surface area contributed by atoms with E-state index >= 15 is 0 Å². The van der Waals surface area contributed by atoms with Gasteiger partial charge in [-0.1, -0.05) is 0 Å². The molecule has 0 saturated carbocycles. The largest absolute Gasteiger partial charge is 0.481 e. The second-order valence-corrected chi connectivity index (χ2v) is 3.72. The first kappa shape index (κ1) is 15.3. The molecular formula is C11H20N2O4. The van der Waals surface area contributed by atoms with Gasteiger partial charge in [0.2, 0.25) is 0 Å². The highest BCUT2D eigenvalue weighted by molar-refractivity contribution is 5.63. The first-order chi connectivity index (χ1) is 7.93. The first-order valence-corrected chi connectivity index (χ1v) is 5.52. The minimum absolute atomic E-state index is 0.833. The molecule has 0 fully saturated rings. The van der Waals surface area contributed by atoms with Gasteiger partial charge in [0.1, 0.15) is 0 Å². The predicted molar refractivity (Wildman–Crippen MR) is 63.5 cm³/mol. The van der Waals surface area contributed by atoms with Crippen LogP contribution in [0.3, 0.4) is 0 Å². The summed E-state index contributed by atoms with van der Waals surface area (Å²) in [4.78, 5) is 18.0. The number of hydrogen-bond acceptors (Lipinski definition) is 4. The van der Waals surface area contributed by atoms with Crippen molar-refractivity contribution in [3.63, 3.8) is 0 Å². The summed E-state index contributed by atoms with van der Waals surface area (Å²) in [7, 11) is 0. The number of aliphatic carboxylic acids is 2. The van der Waals surface area contributed by atoms with Gasteiger partial charge in [-0.25, -0.2) is 0 Å². The van der Waals surface area contributed by atoms with Crippen molar-refractivity contribution < 1.29 is 19.8 Å². The van der Waals surface area contributed by atoms with Crippen LogP contribution >= 0.6 is 0 Å². The lowest BCUT2D eigenvalue weighted by Gasteiger charge is -2.15. The molecule has 0 aliphatic carbocycles. The number of carboxylic acids is 2. The Morgan fingerprint density at radius 2 is 1.47 bits per heavy atom. The van der Waals surface area contributed by atoms with Crippen molar-refractivity contribution >= 4 is 11.9 Å². The van der Waals surface area contributed by atoms with Gasteiger partial charge in [-0.2, -0.15) is 0 Å². The van der Waals surface area contributed by atoms with Crippen LogP contribution in [0.5, 0.6) is 0 Å². The highest BCUT2D eigenvalue weighted by Crippen LogP contribution is 2.19. The molecule has 2 rings (SSSR count). The van der Waals surface area contributed by atoms with Crippen LogP contribution in [-0.4, -0.2) is 35.2 Å². The molecule has 0 amide bonds. The van der Waals surface area contributed by atoms with Gasteiger partial charge in [-0.15, -0.1) is 0 Å². The van der Waals surface area contributed by atoms with Crippen molar-refractivity contribution in [1.29, 1.82) is 0 Å². The highest BCUT2D eigenvalue weighted by Gasteiger charge is 2.15. The van der Waals surface area contributed by atoms with E-state index in [1.807, 2.05) is 0 Å². The molecule has 0 aromatic carbocycles. The summed E-state index contributed by atoms with van der Waals surface area (Å²) in [6.07, 6.45) is 3.90. The molecule has 0 radical (unpaired) electrons. The predicted octanol–water partition coefficient (Wildman–Crippen LogP) is 0.757. The summed E-state index contributed by atoms with van der Waals surface area (Å²) >= 11 is 0. The zero-order chi connectivity index (χ0) is 13.3. The molecule has 2 aliphatic heterocycles. The standard InChI is InChI=1S/C7H12N2.2C2H4O2/c1-2-6-3-5-9-7(6)8-4-1;2*1-2(3)4/h8-9H,1-5H2;2*1H3,(H,3,4). The van der Waals surface area contributed by atoms with Crippen molar-refractivity contribution in [3.8, 4) is 0 Å². The van der Waals surface area contributed by atoms with Gasteiger partial charge in [0, 0.05) is 26.9 Å². The normalized spacial score (nSPS) is 16.1. The lowest BCUT2D eigenvalue weighted by Crippen LogP contribution is -2.26. The highest BCUT2D eigenvalue weighted by atomic mass is 16.4. The minimum Gasteiger partial charge on any atom is -0.481 e. The second kappa shape index (κ2) is 8.43. The first-order valence-electron chi connectivity index (χ1n) is 5.52. The van der Waals surface area contributed by atoms with Gasteiger partial charge < -0.3 is 20.8 Å². The van der Waals surface area contributed by atoms with Gasteiger partial charge in [0.25, 0.3) is 11.9 Å². The molecular weight excluding hydrogens is 224 g/mol. The van der Waals surface area contributed by atoms with Gasteiger partial charge in [0.15, 0.2) is 0 Å². The quantitative estimate of drug-likeness (QED) is 0.502. The maximum absolute atomic E-state index is 9.00. The van der Waals surface area contributed by atoms with Crippen molar-refractivity contribution in [2.24, 2.45) is 0 Å². The fourth-order valence-electron chi connectivity index (χ4n) is 1.54. The Balaban J connectivity index is 0.000000274. The van der Waals surface area contributed by atoms with E-state index in [1.165, 1.54) is 25.1 Å². The molecule has 0 unspecified atom stereocenters. The summed E-state index contributed by atoms with van der Waals surface area (Å²) in [6.45, 7) is 4.48. The third kappa shape index (κ3) is 9.22. The lowest BCUT2D eigenvalue weighted by atomic mass is 10.1. The fraction of sp³-hybridized carbons (Fsp3) is 0.636. The number of hydrogen-bond donors (Lipinski definition) is 4. The van der Waals surface area contributed by atoms with E-state index in [4.69, 9.17) is 19.8 Å². The summed E-state index contributed by atoms with van der Waals surface area (Å²) < 4.78 is 0. The second-order valence-electron chi connectivity index (χ2n) is 3.72. The topological polar surface area (TPSA) is 98.7 Å². The van der Waals surface area contributed by atoms with E-state index in [9.17, 15) is 0 Å². The molecule has 6 heteroatoms. The van der Waals surface area contributed by atoms with Crippen LogP contribution in [0.2, 0.25) is 0 Å². The average Bonchev–Trinajstić information content (AvgIpc) is 2.62. The SMILES string of the molecule is C1CNC2=C(C1)CCN2.CC(=O)O.CC(=O)O. The van der Waals surface area contributed by atoms with Gasteiger partial charge in [-0.05, 0) is 24.8 Å². The molecule has 0 saturated heterocycles. The van der Waals surface area contributed by atoms with Crippen molar-refractivity contribution in [3.05, 3.63) is 11.4 Å². The Hall–Kier alpha value is -1.72. The van der Waals surface area contributed by atoms with Crippen molar-refractivity contribution in [2.75, 3.05) is 13.1 Å². The average molecular weight is 244 g/mol. The molecule has 4 N–H and O–H groups in total. The Morgan fingerprint density at radius 1 is 1.00 bits per heavy atom. The molecule has 2 aliphatic rings. The lowest BCUT2D eigenvalue weighted by molar-refractivity contribution is -0.135. The van der Waals surface area contributed by atoms with Crippen LogP contribution in [0.1, 0.15) is 33.1 Å². The van der Waals surface area contributed by atoms with E-state index in [0.29, 0.717) is 0 Å². The van der Waals surface area contributed by atoms with Crippen LogP contribution in [-0.2, 0) is 9.59 Å².